The number of anilines is 5. The highest BCUT2D eigenvalue weighted by molar-refractivity contribution is 6.12. The van der Waals surface area contributed by atoms with Gasteiger partial charge in [-0.3, -0.25) is 0 Å². The molecule has 0 aromatic heterocycles. The summed E-state index contributed by atoms with van der Waals surface area (Å²) in [6, 6.07) is 60.5. The molecule has 2 saturated heterocycles. The van der Waals surface area contributed by atoms with Gasteiger partial charge in [-0.05, 0) is 179 Å². The van der Waals surface area contributed by atoms with Crippen molar-refractivity contribution in [3.05, 3.63) is 186 Å². The summed E-state index contributed by atoms with van der Waals surface area (Å²) in [7, 11) is 0. The van der Waals surface area contributed by atoms with Crippen LogP contribution in [0, 0.1) is 10.8 Å². The largest absolute Gasteiger partial charge is 0.380 e. The smallest absolute Gasteiger partial charge is 0.0544 e. The van der Waals surface area contributed by atoms with Crippen LogP contribution in [-0.4, -0.2) is 26.4 Å². The molecule has 75 heavy (non-hydrogen) atoms. The minimum atomic E-state index is -0.155. The molecule has 386 valence electrons. The maximum Gasteiger partial charge on any atom is 0.0544 e. The Bertz CT molecular complexity index is 3290. The summed E-state index contributed by atoms with van der Waals surface area (Å²) in [6.07, 6.45) is 14.4. The number of unbranched alkanes of at least 4 members (excludes halogenated alkanes) is 2. The van der Waals surface area contributed by atoms with Crippen molar-refractivity contribution in [2.75, 3.05) is 36.6 Å². The number of aryl methyl sites for hydroxylation is 2. The van der Waals surface area contributed by atoms with Crippen LogP contribution in [0.25, 0.3) is 43.8 Å². The van der Waals surface area contributed by atoms with Crippen molar-refractivity contribution >= 4 is 50.0 Å². The Balaban J connectivity index is 0.919. The van der Waals surface area contributed by atoms with Crippen LogP contribution < -0.4 is 10.2 Å². The van der Waals surface area contributed by atoms with Crippen LogP contribution in [0.3, 0.4) is 0 Å². The van der Waals surface area contributed by atoms with Gasteiger partial charge in [-0.15, -0.1) is 0 Å². The van der Waals surface area contributed by atoms with Crippen LogP contribution in [0.15, 0.2) is 158 Å². The molecule has 0 unspecified atom stereocenters. The number of nitrogens with one attached hydrogen (secondary N) is 1. The van der Waals surface area contributed by atoms with Crippen molar-refractivity contribution in [3.8, 4) is 22.3 Å². The van der Waals surface area contributed by atoms with Gasteiger partial charge in [0.1, 0.15) is 0 Å². The van der Waals surface area contributed by atoms with E-state index in [-0.39, 0.29) is 10.8 Å². The van der Waals surface area contributed by atoms with Crippen molar-refractivity contribution in [1.82, 2.24) is 0 Å². The maximum absolute atomic E-state index is 5.64. The molecule has 2 fully saturated rings. The SMILES string of the molecule is CCC1(CCCCc2ccc(Nc3ccc(-c4ccc(N(c5ccc(CCCCC6(CC)COC6)cc5)c5ccc6c(c5)C(C)(C)c5cc(C(C)(CC)CC)ccc5-6)c5ccccc45)c4ccccc34)cc2)COC1. The predicted molar refractivity (Wildman–Crippen MR) is 319 cm³/mol. The fraction of sp³-hybridized carbons (Fsp3) is 0.380. The molecule has 3 aliphatic rings. The summed E-state index contributed by atoms with van der Waals surface area (Å²) in [5, 5.41) is 8.72. The number of rotatable bonds is 21. The van der Waals surface area contributed by atoms with E-state index in [0.717, 1.165) is 63.5 Å². The molecular formula is C71H80N2O2. The molecule has 1 N–H and O–H groups in total. The number of nitrogens with zero attached hydrogens (tertiary/aromatic N) is 1. The van der Waals surface area contributed by atoms with Gasteiger partial charge in [-0.1, -0.05) is 171 Å². The second-order valence-corrected chi connectivity index (χ2v) is 23.7. The molecule has 0 radical (unpaired) electrons. The van der Waals surface area contributed by atoms with E-state index < -0.39 is 0 Å². The minimum absolute atomic E-state index is 0.155. The van der Waals surface area contributed by atoms with Crippen molar-refractivity contribution in [2.45, 2.75) is 136 Å². The van der Waals surface area contributed by atoms with E-state index in [2.05, 4.69) is 216 Å². The van der Waals surface area contributed by atoms with E-state index in [9.17, 15) is 0 Å². The summed E-state index contributed by atoms with van der Waals surface area (Å²) in [4.78, 5) is 2.52. The first kappa shape index (κ1) is 50.9. The average molecular weight is 993 g/mol. The molecule has 8 aromatic carbocycles. The van der Waals surface area contributed by atoms with Crippen molar-refractivity contribution in [2.24, 2.45) is 10.8 Å². The van der Waals surface area contributed by atoms with E-state index in [1.807, 2.05) is 0 Å². The highest BCUT2D eigenvalue weighted by atomic mass is 16.5. The highest BCUT2D eigenvalue weighted by Crippen LogP contribution is 2.53. The summed E-state index contributed by atoms with van der Waals surface area (Å²) >= 11 is 0. The third-order valence-corrected chi connectivity index (χ3v) is 18.9. The van der Waals surface area contributed by atoms with Crippen LogP contribution >= 0.6 is 0 Å². The second-order valence-electron chi connectivity index (χ2n) is 23.7. The molecule has 0 spiro atoms. The molecule has 8 aromatic rings. The van der Waals surface area contributed by atoms with Gasteiger partial charge >= 0.3 is 0 Å². The van der Waals surface area contributed by atoms with E-state index >= 15 is 0 Å². The van der Waals surface area contributed by atoms with Gasteiger partial charge < -0.3 is 19.7 Å². The maximum atomic E-state index is 5.64. The minimum Gasteiger partial charge on any atom is -0.380 e. The zero-order valence-electron chi connectivity index (χ0n) is 46.1. The van der Waals surface area contributed by atoms with Crippen LogP contribution in [-0.2, 0) is 33.1 Å². The van der Waals surface area contributed by atoms with Crippen LogP contribution in [0.5, 0.6) is 0 Å². The first-order valence-corrected chi connectivity index (χ1v) is 28.7. The lowest BCUT2D eigenvalue weighted by molar-refractivity contribution is -0.120. The van der Waals surface area contributed by atoms with Gasteiger partial charge in [0, 0.05) is 49.8 Å². The van der Waals surface area contributed by atoms with Crippen molar-refractivity contribution in [3.63, 3.8) is 0 Å². The van der Waals surface area contributed by atoms with Gasteiger partial charge in [0.2, 0.25) is 0 Å². The summed E-state index contributed by atoms with van der Waals surface area (Å²) < 4.78 is 11.2. The first-order valence-electron chi connectivity index (χ1n) is 28.7. The lowest BCUT2D eigenvalue weighted by Gasteiger charge is -2.41. The molecule has 0 saturated carbocycles. The molecule has 2 heterocycles. The number of benzene rings is 8. The third-order valence-electron chi connectivity index (χ3n) is 18.9. The van der Waals surface area contributed by atoms with E-state index in [4.69, 9.17) is 9.47 Å². The Labute approximate surface area is 448 Å². The molecule has 4 nitrogen and oxygen atoms in total. The number of ether oxygens (including phenoxy) is 2. The normalized spacial score (nSPS) is 16.0. The Kier molecular flexibility index (Phi) is 14.3. The Morgan fingerprint density at radius 1 is 0.493 bits per heavy atom. The molecule has 4 heteroatoms. The van der Waals surface area contributed by atoms with Crippen molar-refractivity contribution < 1.29 is 9.47 Å². The monoisotopic (exact) mass is 993 g/mol. The average Bonchev–Trinajstić information content (AvgIpc) is 3.66. The molecule has 2 aliphatic heterocycles. The lowest BCUT2D eigenvalue weighted by atomic mass is 9.75. The zero-order chi connectivity index (χ0) is 51.8. The number of hydrogen-bond donors (Lipinski definition) is 1. The van der Waals surface area contributed by atoms with Crippen LogP contribution in [0.2, 0.25) is 0 Å². The molecule has 0 atom stereocenters. The molecule has 1 aliphatic carbocycles. The number of hydrogen-bond acceptors (Lipinski definition) is 4. The van der Waals surface area contributed by atoms with Gasteiger partial charge in [0.15, 0.2) is 0 Å². The number of fused-ring (bicyclic) bond motifs is 5. The van der Waals surface area contributed by atoms with Gasteiger partial charge in [0.05, 0.1) is 32.1 Å². The molecule has 0 bridgehead atoms. The summed E-state index contributed by atoms with van der Waals surface area (Å²) in [6.45, 7) is 20.3. The van der Waals surface area contributed by atoms with Gasteiger partial charge in [-0.2, -0.15) is 0 Å². The molecule has 11 rings (SSSR count). The standard InChI is InChI=1S/C71H80N2O2/c1-8-69(7,9-2)52-30-36-60-61-37-35-55(45-65(61)68(5,6)64(60)44-52)73(54-33-28-51(29-34-54)21-17-19-43-71(11-4)48-75-49-71)67-41-39-59(57-23-13-15-25-63(57)67)58-38-40-66(62-24-14-12-22-56(58)62)72-53-31-26-50(27-32-53)20-16-18-42-70(10-3)46-74-47-70/h12-15,22-41,44-45,72H,8-11,16-21,42-43,46-49H2,1-7H3. The topological polar surface area (TPSA) is 33.7 Å². The third kappa shape index (κ3) is 9.72. The predicted octanol–water partition coefficient (Wildman–Crippen LogP) is 19.5. The fourth-order valence-corrected chi connectivity index (χ4v) is 12.9. The van der Waals surface area contributed by atoms with E-state index in [1.54, 1.807) is 0 Å². The Morgan fingerprint density at radius 3 is 1.55 bits per heavy atom. The molecular weight excluding hydrogens is 913 g/mol. The van der Waals surface area contributed by atoms with Crippen molar-refractivity contribution in [1.29, 1.82) is 0 Å². The van der Waals surface area contributed by atoms with Crippen LogP contribution in [0.4, 0.5) is 28.4 Å². The Morgan fingerprint density at radius 2 is 0.987 bits per heavy atom. The van der Waals surface area contributed by atoms with Gasteiger partial charge in [0.25, 0.3) is 0 Å². The van der Waals surface area contributed by atoms with E-state index in [1.165, 1.54) is 140 Å². The van der Waals surface area contributed by atoms with Gasteiger partial charge in [-0.25, -0.2) is 0 Å². The first-order chi connectivity index (χ1) is 36.5. The zero-order valence-corrected chi connectivity index (χ0v) is 46.1. The Hall–Kier alpha value is -6.20. The van der Waals surface area contributed by atoms with E-state index in [0.29, 0.717) is 10.8 Å². The second kappa shape index (κ2) is 21.1. The fourth-order valence-electron chi connectivity index (χ4n) is 12.9. The summed E-state index contributed by atoms with van der Waals surface area (Å²) in [5.74, 6) is 0. The molecule has 0 amide bonds. The lowest BCUT2D eigenvalue weighted by Crippen LogP contribution is -2.41. The summed E-state index contributed by atoms with van der Waals surface area (Å²) in [5.41, 5.74) is 18.9. The van der Waals surface area contributed by atoms with Crippen LogP contribution in [0.1, 0.15) is 140 Å². The highest BCUT2D eigenvalue weighted by Gasteiger charge is 2.39. The quantitative estimate of drug-likeness (QED) is 0.0728.